The number of aromatic nitrogens is 2. The standard InChI is InChI=1S/C21H22FN3O3S/c1-14(28-13-15-5-4-6-17(11-15)27-3)20(26)24-18-12-16(22)7-8-19(18)29-21-23-9-10-25(21)2/h4-12,14H,13H2,1-3H3,(H,24,26). The molecule has 1 unspecified atom stereocenters. The fraction of sp³-hybridized carbons (Fsp3) is 0.238. The van der Waals surface area contributed by atoms with Crippen LogP contribution in [0.2, 0.25) is 0 Å². The first kappa shape index (κ1) is 20.9. The van der Waals surface area contributed by atoms with Crippen molar-refractivity contribution in [3.05, 3.63) is 66.2 Å². The van der Waals surface area contributed by atoms with Gasteiger partial charge in [0.15, 0.2) is 5.16 Å². The van der Waals surface area contributed by atoms with Gasteiger partial charge in [-0.3, -0.25) is 4.79 Å². The van der Waals surface area contributed by atoms with Crippen LogP contribution in [-0.2, 0) is 23.2 Å². The molecule has 6 nitrogen and oxygen atoms in total. The molecule has 29 heavy (non-hydrogen) atoms. The van der Waals surface area contributed by atoms with Crippen molar-refractivity contribution in [2.24, 2.45) is 7.05 Å². The zero-order valence-corrected chi connectivity index (χ0v) is 17.2. The molecule has 3 rings (SSSR count). The minimum absolute atomic E-state index is 0.254. The number of nitrogens with zero attached hydrogens (tertiary/aromatic N) is 2. The van der Waals surface area contributed by atoms with Gasteiger partial charge in [-0.25, -0.2) is 9.37 Å². The fourth-order valence-electron chi connectivity index (χ4n) is 2.53. The average Bonchev–Trinajstić information content (AvgIpc) is 3.12. The summed E-state index contributed by atoms with van der Waals surface area (Å²) < 4.78 is 26.5. The quantitative estimate of drug-likeness (QED) is 0.595. The summed E-state index contributed by atoms with van der Waals surface area (Å²) in [6, 6.07) is 11.7. The lowest BCUT2D eigenvalue weighted by atomic mass is 10.2. The molecule has 0 fully saturated rings. The minimum Gasteiger partial charge on any atom is -0.497 e. The molecular formula is C21H22FN3O3S. The Morgan fingerprint density at radius 1 is 1.31 bits per heavy atom. The first-order chi connectivity index (χ1) is 14.0. The predicted octanol–water partition coefficient (Wildman–Crippen LogP) is 4.26. The minimum atomic E-state index is -0.726. The molecule has 0 aliphatic rings. The number of aryl methyl sites for hydroxylation is 1. The van der Waals surface area contributed by atoms with Gasteiger partial charge in [-0.15, -0.1) is 0 Å². The molecular weight excluding hydrogens is 393 g/mol. The maximum absolute atomic E-state index is 13.8. The molecule has 1 amide bonds. The van der Waals surface area contributed by atoms with Crippen LogP contribution in [0.4, 0.5) is 10.1 Å². The third kappa shape index (κ3) is 5.58. The Morgan fingerprint density at radius 3 is 2.86 bits per heavy atom. The van der Waals surface area contributed by atoms with Gasteiger partial charge in [0.25, 0.3) is 5.91 Å². The van der Waals surface area contributed by atoms with Crippen molar-refractivity contribution in [2.75, 3.05) is 12.4 Å². The lowest BCUT2D eigenvalue weighted by Crippen LogP contribution is -2.28. The number of amides is 1. The van der Waals surface area contributed by atoms with Crippen LogP contribution in [0.25, 0.3) is 0 Å². The van der Waals surface area contributed by atoms with Crippen molar-refractivity contribution in [3.8, 4) is 5.75 Å². The Bertz CT molecular complexity index is 993. The lowest BCUT2D eigenvalue weighted by molar-refractivity contribution is -0.127. The van der Waals surface area contributed by atoms with Gasteiger partial charge in [-0.1, -0.05) is 12.1 Å². The number of carbonyl (C=O) groups excluding carboxylic acids is 1. The van der Waals surface area contributed by atoms with Gasteiger partial charge in [0.05, 0.1) is 19.4 Å². The van der Waals surface area contributed by atoms with Gasteiger partial charge >= 0.3 is 0 Å². The van der Waals surface area contributed by atoms with Gasteiger partial charge in [-0.2, -0.15) is 0 Å². The number of hydrogen-bond acceptors (Lipinski definition) is 5. The SMILES string of the molecule is COc1cccc(COC(C)C(=O)Nc2cc(F)ccc2Sc2nccn2C)c1. The summed E-state index contributed by atoms with van der Waals surface area (Å²) >= 11 is 1.34. The van der Waals surface area contributed by atoms with Crippen molar-refractivity contribution < 1.29 is 18.7 Å². The molecule has 0 saturated heterocycles. The summed E-state index contributed by atoms with van der Waals surface area (Å²) in [5.41, 5.74) is 1.26. The largest absolute Gasteiger partial charge is 0.497 e. The van der Waals surface area contributed by atoms with Crippen LogP contribution in [0.3, 0.4) is 0 Å². The van der Waals surface area contributed by atoms with Crippen LogP contribution in [0.5, 0.6) is 5.75 Å². The Kier molecular flexibility index (Phi) is 6.90. The number of rotatable bonds is 8. The summed E-state index contributed by atoms with van der Waals surface area (Å²) in [5.74, 6) is -0.0754. The third-order valence-corrected chi connectivity index (χ3v) is 5.33. The Balaban J connectivity index is 1.66. The number of benzene rings is 2. The number of halogens is 1. The Hall–Kier alpha value is -2.84. The third-order valence-electron chi connectivity index (χ3n) is 4.18. The van der Waals surface area contributed by atoms with Crippen molar-refractivity contribution in [3.63, 3.8) is 0 Å². The number of methoxy groups -OCH3 is 1. The number of ether oxygens (including phenoxy) is 2. The number of anilines is 1. The molecule has 0 aliphatic heterocycles. The summed E-state index contributed by atoms with van der Waals surface area (Å²) in [5, 5.41) is 3.49. The number of hydrogen-bond donors (Lipinski definition) is 1. The molecule has 152 valence electrons. The van der Waals surface area contributed by atoms with E-state index in [1.54, 1.807) is 26.3 Å². The van der Waals surface area contributed by atoms with Crippen LogP contribution in [0.1, 0.15) is 12.5 Å². The molecule has 1 N–H and O–H groups in total. The molecule has 8 heteroatoms. The first-order valence-electron chi connectivity index (χ1n) is 8.96. The van der Waals surface area contributed by atoms with E-state index in [1.165, 1.54) is 23.9 Å². The van der Waals surface area contributed by atoms with Crippen molar-refractivity contribution in [1.29, 1.82) is 0 Å². The summed E-state index contributed by atoms with van der Waals surface area (Å²) in [7, 11) is 3.46. The van der Waals surface area contributed by atoms with Gasteiger partial charge in [0, 0.05) is 24.3 Å². The van der Waals surface area contributed by atoms with Gasteiger partial charge < -0.3 is 19.4 Å². The summed E-state index contributed by atoms with van der Waals surface area (Å²) in [6.07, 6.45) is 2.77. The van der Waals surface area contributed by atoms with E-state index < -0.39 is 11.9 Å². The van der Waals surface area contributed by atoms with Crippen LogP contribution < -0.4 is 10.1 Å². The van der Waals surface area contributed by atoms with E-state index in [4.69, 9.17) is 9.47 Å². The van der Waals surface area contributed by atoms with E-state index in [1.807, 2.05) is 42.1 Å². The predicted molar refractivity (Wildman–Crippen MR) is 110 cm³/mol. The second-order valence-corrected chi connectivity index (χ2v) is 7.37. The van der Waals surface area contributed by atoms with Crippen molar-refractivity contribution in [1.82, 2.24) is 9.55 Å². The number of carbonyl (C=O) groups is 1. The molecule has 3 aromatic rings. The second kappa shape index (κ2) is 9.58. The average molecular weight is 415 g/mol. The van der Waals surface area contributed by atoms with Gasteiger partial charge in [-0.05, 0) is 54.6 Å². The highest BCUT2D eigenvalue weighted by Crippen LogP contribution is 2.33. The Morgan fingerprint density at radius 2 is 2.14 bits per heavy atom. The zero-order valence-electron chi connectivity index (χ0n) is 16.4. The normalized spacial score (nSPS) is 11.9. The van der Waals surface area contributed by atoms with E-state index in [9.17, 15) is 9.18 Å². The molecule has 0 radical (unpaired) electrons. The zero-order chi connectivity index (χ0) is 20.8. The van der Waals surface area contributed by atoms with Crippen LogP contribution >= 0.6 is 11.8 Å². The molecule has 0 bridgehead atoms. The lowest BCUT2D eigenvalue weighted by Gasteiger charge is -2.16. The van der Waals surface area contributed by atoms with E-state index in [0.29, 0.717) is 10.6 Å². The van der Waals surface area contributed by atoms with Crippen LogP contribution in [-0.4, -0.2) is 28.7 Å². The van der Waals surface area contributed by atoms with E-state index >= 15 is 0 Å². The van der Waals surface area contributed by atoms with Crippen LogP contribution in [0, 0.1) is 5.82 Å². The monoisotopic (exact) mass is 415 g/mol. The smallest absolute Gasteiger partial charge is 0.253 e. The van der Waals surface area contributed by atoms with Gasteiger partial charge in [0.2, 0.25) is 0 Å². The molecule has 1 aromatic heterocycles. The maximum Gasteiger partial charge on any atom is 0.253 e. The summed E-state index contributed by atoms with van der Waals surface area (Å²) in [4.78, 5) is 17.5. The molecule has 1 atom stereocenters. The number of imidazole rings is 1. The molecule has 0 aliphatic carbocycles. The second-order valence-electron chi connectivity index (χ2n) is 6.36. The van der Waals surface area contributed by atoms with Crippen molar-refractivity contribution in [2.45, 2.75) is 29.7 Å². The highest BCUT2D eigenvalue weighted by atomic mass is 32.2. The fourth-order valence-corrected chi connectivity index (χ4v) is 3.40. The highest BCUT2D eigenvalue weighted by molar-refractivity contribution is 7.99. The van der Waals surface area contributed by atoms with Gasteiger partial charge in [0.1, 0.15) is 17.7 Å². The van der Waals surface area contributed by atoms with E-state index in [-0.39, 0.29) is 12.5 Å². The van der Waals surface area contributed by atoms with E-state index in [0.717, 1.165) is 16.5 Å². The number of nitrogens with one attached hydrogen (secondary N) is 1. The molecule has 2 aromatic carbocycles. The highest BCUT2D eigenvalue weighted by Gasteiger charge is 2.17. The molecule has 1 heterocycles. The van der Waals surface area contributed by atoms with E-state index in [2.05, 4.69) is 10.3 Å². The molecule has 0 spiro atoms. The summed E-state index contributed by atoms with van der Waals surface area (Å²) in [6.45, 7) is 1.91. The maximum atomic E-state index is 13.8. The topological polar surface area (TPSA) is 65.4 Å². The van der Waals surface area contributed by atoms with Crippen LogP contribution in [0.15, 0.2) is 64.9 Å². The molecule has 0 saturated carbocycles. The van der Waals surface area contributed by atoms with Crippen molar-refractivity contribution >= 4 is 23.4 Å². The first-order valence-corrected chi connectivity index (χ1v) is 9.78. The Labute approximate surface area is 173 Å².